The maximum Gasteiger partial charge on any atom is 0.251 e. The lowest BCUT2D eigenvalue weighted by Crippen LogP contribution is -2.41. The summed E-state index contributed by atoms with van der Waals surface area (Å²) in [5.74, 6) is -0.525. The lowest BCUT2D eigenvalue weighted by atomic mass is 10.0. The monoisotopic (exact) mass is 346 g/mol. The number of aliphatic hydroxyl groups is 1. The van der Waals surface area contributed by atoms with Crippen molar-refractivity contribution in [2.45, 2.75) is 6.04 Å². The number of nitrogens with zero attached hydrogens (tertiary/aromatic N) is 3. The highest BCUT2D eigenvalue weighted by atomic mass is 19.1. The first-order valence-corrected chi connectivity index (χ1v) is 7.89. The number of hydrogen-bond donors (Lipinski definition) is 2. The summed E-state index contributed by atoms with van der Waals surface area (Å²) in [5.41, 5.74) is 0.199. The van der Waals surface area contributed by atoms with Gasteiger partial charge < -0.3 is 20.1 Å². The number of methoxy groups -OCH3 is 1. The molecule has 1 amide bonds. The van der Waals surface area contributed by atoms with Crippen LogP contribution in [0, 0.1) is 11.7 Å². The van der Waals surface area contributed by atoms with Crippen LogP contribution in [0.25, 0.3) is 0 Å². The van der Waals surface area contributed by atoms with E-state index in [9.17, 15) is 14.3 Å². The van der Waals surface area contributed by atoms with Crippen LogP contribution in [0.1, 0.15) is 10.4 Å². The molecule has 0 unspecified atom stereocenters. The second kappa shape index (κ2) is 7.43. The van der Waals surface area contributed by atoms with Gasteiger partial charge >= 0.3 is 0 Å². The minimum absolute atomic E-state index is 0.0781. The summed E-state index contributed by atoms with van der Waals surface area (Å²) in [6.45, 7) is 0.924. The number of ether oxygens (including phenoxy) is 1. The Hall–Kier alpha value is -2.74. The molecule has 0 saturated carbocycles. The smallest absolute Gasteiger partial charge is 0.251 e. The third-order valence-corrected chi connectivity index (χ3v) is 4.24. The first-order chi connectivity index (χ1) is 12.1. The van der Waals surface area contributed by atoms with Crippen molar-refractivity contribution in [2.24, 2.45) is 5.92 Å². The molecular weight excluding hydrogens is 327 g/mol. The molecule has 2 aromatic rings. The number of halogens is 1. The van der Waals surface area contributed by atoms with E-state index in [0.717, 1.165) is 6.07 Å². The maximum absolute atomic E-state index is 13.8. The number of rotatable bonds is 5. The number of carbonyl (C=O) groups excluding carboxylic acids is 1. The second-order valence-electron chi connectivity index (χ2n) is 5.83. The molecule has 7 nitrogen and oxygen atoms in total. The Morgan fingerprint density at radius 3 is 2.80 bits per heavy atom. The van der Waals surface area contributed by atoms with Crippen molar-refractivity contribution in [3.05, 3.63) is 48.0 Å². The molecule has 2 heterocycles. The zero-order valence-electron chi connectivity index (χ0n) is 13.7. The van der Waals surface area contributed by atoms with E-state index < -0.39 is 11.7 Å². The van der Waals surface area contributed by atoms with Crippen LogP contribution in [-0.4, -0.2) is 53.8 Å². The van der Waals surface area contributed by atoms with Crippen LogP contribution in [0.15, 0.2) is 36.7 Å². The largest absolute Gasteiger partial charge is 0.494 e. The fraction of sp³-hybridized carbons (Fsp3) is 0.353. The number of anilines is 1. The van der Waals surface area contributed by atoms with E-state index >= 15 is 0 Å². The van der Waals surface area contributed by atoms with E-state index in [1.807, 2.05) is 4.90 Å². The average molecular weight is 346 g/mol. The second-order valence-corrected chi connectivity index (χ2v) is 5.83. The molecular formula is C17H19FN4O3. The van der Waals surface area contributed by atoms with Gasteiger partial charge in [0, 0.05) is 43.6 Å². The number of amides is 1. The standard InChI is InChI=1S/C17H19FN4O3/c1-25-15-4-3-11(7-13(15)18)16(24)21-14-9-22(8-12(14)10-23)17-19-5-2-6-20-17/h2-7,12,14,23H,8-10H2,1H3,(H,21,24)/t12-,14+/m0/s1. The van der Waals surface area contributed by atoms with Crippen LogP contribution in [0.2, 0.25) is 0 Å². The van der Waals surface area contributed by atoms with Crippen LogP contribution < -0.4 is 15.0 Å². The third kappa shape index (κ3) is 3.69. The number of nitrogens with one attached hydrogen (secondary N) is 1. The molecule has 1 aliphatic heterocycles. The first-order valence-electron chi connectivity index (χ1n) is 7.89. The highest BCUT2D eigenvalue weighted by molar-refractivity contribution is 5.94. The molecule has 1 fully saturated rings. The van der Waals surface area contributed by atoms with Gasteiger partial charge in [0.05, 0.1) is 13.2 Å². The van der Waals surface area contributed by atoms with Gasteiger partial charge in [-0.2, -0.15) is 0 Å². The molecule has 0 spiro atoms. The normalized spacial score (nSPS) is 19.7. The van der Waals surface area contributed by atoms with Crippen LogP contribution >= 0.6 is 0 Å². The maximum atomic E-state index is 13.8. The van der Waals surface area contributed by atoms with E-state index in [-0.39, 0.29) is 29.9 Å². The SMILES string of the molecule is COc1ccc(C(=O)N[C@@H]2CN(c3ncccn3)C[C@H]2CO)cc1F. The fourth-order valence-corrected chi connectivity index (χ4v) is 2.90. The number of benzene rings is 1. The van der Waals surface area contributed by atoms with Crippen molar-refractivity contribution in [1.82, 2.24) is 15.3 Å². The topological polar surface area (TPSA) is 87.6 Å². The number of carbonyl (C=O) groups is 1. The van der Waals surface area contributed by atoms with Gasteiger partial charge in [0.25, 0.3) is 5.91 Å². The average Bonchev–Trinajstić information content (AvgIpc) is 3.05. The van der Waals surface area contributed by atoms with Crippen LogP contribution in [0.5, 0.6) is 5.75 Å². The van der Waals surface area contributed by atoms with E-state index in [0.29, 0.717) is 19.0 Å². The Morgan fingerprint density at radius 2 is 2.16 bits per heavy atom. The van der Waals surface area contributed by atoms with Crippen molar-refractivity contribution in [3.63, 3.8) is 0 Å². The van der Waals surface area contributed by atoms with E-state index in [1.165, 1.54) is 19.2 Å². The molecule has 0 radical (unpaired) electrons. The van der Waals surface area contributed by atoms with Crippen molar-refractivity contribution in [3.8, 4) is 5.75 Å². The molecule has 1 aliphatic rings. The van der Waals surface area contributed by atoms with Gasteiger partial charge in [-0.25, -0.2) is 14.4 Å². The first kappa shape index (κ1) is 17.1. The molecule has 0 bridgehead atoms. The van der Waals surface area contributed by atoms with Crippen molar-refractivity contribution in [1.29, 1.82) is 0 Å². The summed E-state index contributed by atoms with van der Waals surface area (Å²) in [4.78, 5) is 22.7. The van der Waals surface area contributed by atoms with E-state index in [1.54, 1.807) is 18.5 Å². The Labute approximate surface area is 144 Å². The van der Waals surface area contributed by atoms with Gasteiger partial charge in [-0.05, 0) is 24.3 Å². The quantitative estimate of drug-likeness (QED) is 0.835. The van der Waals surface area contributed by atoms with Gasteiger partial charge in [-0.1, -0.05) is 0 Å². The molecule has 1 saturated heterocycles. The molecule has 25 heavy (non-hydrogen) atoms. The number of aliphatic hydroxyl groups excluding tert-OH is 1. The van der Waals surface area contributed by atoms with Gasteiger partial charge in [0.15, 0.2) is 11.6 Å². The Bertz CT molecular complexity index is 744. The predicted molar refractivity (Wildman–Crippen MR) is 89.0 cm³/mol. The summed E-state index contributed by atoms with van der Waals surface area (Å²) in [6.07, 6.45) is 3.28. The lowest BCUT2D eigenvalue weighted by molar-refractivity contribution is 0.0921. The molecule has 132 valence electrons. The summed E-state index contributed by atoms with van der Waals surface area (Å²) in [7, 11) is 1.36. The Balaban J connectivity index is 1.70. The molecule has 1 aromatic heterocycles. The predicted octanol–water partition coefficient (Wildman–Crippen LogP) is 0.851. The molecule has 2 N–H and O–H groups in total. The number of aromatic nitrogens is 2. The summed E-state index contributed by atoms with van der Waals surface area (Å²) in [5, 5.41) is 12.5. The Kier molecular flexibility index (Phi) is 5.08. The summed E-state index contributed by atoms with van der Waals surface area (Å²) < 4.78 is 18.6. The summed E-state index contributed by atoms with van der Waals surface area (Å²) >= 11 is 0. The Morgan fingerprint density at radius 1 is 1.40 bits per heavy atom. The highest BCUT2D eigenvalue weighted by Gasteiger charge is 2.34. The van der Waals surface area contributed by atoms with Crippen LogP contribution in [0.4, 0.5) is 10.3 Å². The molecule has 8 heteroatoms. The van der Waals surface area contributed by atoms with Crippen molar-refractivity contribution < 1.29 is 19.0 Å². The van der Waals surface area contributed by atoms with Crippen molar-refractivity contribution in [2.75, 3.05) is 31.7 Å². The van der Waals surface area contributed by atoms with Crippen molar-refractivity contribution >= 4 is 11.9 Å². The zero-order chi connectivity index (χ0) is 17.8. The van der Waals surface area contributed by atoms with Gasteiger partial charge in [0.1, 0.15) is 0 Å². The van der Waals surface area contributed by atoms with Crippen LogP contribution in [-0.2, 0) is 0 Å². The fourth-order valence-electron chi connectivity index (χ4n) is 2.90. The van der Waals surface area contributed by atoms with E-state index in [4.69, 9.17) is 4.74 Å². The van der Waals surface area contributed by atoms with Gasteiger partial charge in [-0.15, -0.1) is 0 Å². The third-order valence-electron chi connectivity index (χ3n) is 4.24. The van der Waals surface area contributed by atoms with Gasteiger partial charge in [0.2, 0.25) is 5.95 Å². The highest BCUT2D eigenvalue weighted by Crippen LogP contribution is 2.22. The molecule has 0 aliphatic carbocycles. The molecule has 3 rings (SSSR count). The summed E-state index contributed by atoms with van der Waals surface area (Å²) in [6, 6.07) is 5.48. The molecule has 2 atom stereocenters. The lowest BCUT2D eigenvalue weighted by Gasteiger charge is -2.18. The van der Waals surface area contributed by atoms with Gasteiger partial charge in [-0.3, -0.25) is 4.79 Å². The van der Waals surface area contributed by atoms with E-state index in [2.05, 4.69) is 15.3 Å². The zero-order valence-corrected chi connectivity index (χ0v) is 13.7. The molecule has 1 aromatic carbocycles. The minimum Gasteiger partial charge on any atom is -0.494 e. The van der Waals surface area contributed by atoms with Crippen LogP contribution in [0.3, 0.4) is 0 Å². The number of hydrogen-bond acceptors (Lipinski definition) is 6. The minimum atomic E-state index is -0.598.